The number of rotatable bonds is 4. The third kappa shape index (κ3) is 3.35. The Kier molecular flexibility index (Phi) is 5.16. The van der Waals surface area contributed by atoms with Gasteiger partial charge in [0.05, 0.1) is 11.6 Å². The molecule has 1 aromatic carbocycles. The van der Waals surface area contributed by atoms with Crippen molar-refractivity contribution in [3.05, 3.63) is 48.2 Å². The Morgan fingerprint density at radius 1 is 1.39 bits per heavy atom. The van der Waals surface area contributed by atoms with Crippen LogP contribution in [0.15, 0.2) is 36.9 Å². The van der Waals surface area contributed by atoms with Crippen LogP contribution in [0.3, 0.4) is 0 Å². The number of para-hydroxylation sites is 1. The molecule has 1 heterocycles. The molecule has 5 nitrogen and oxygen atoms in total. The third-order valence-electron chi connectivity index (χ3n) is 5.35. The summed E-state index contributed by atoms with van der Waals surface area (Å²) >= 11 is 0. The first-order valence-corrected chi connectivity index (χ1v) is 9.62. The first-order chi connectivity index (χ1) is 13.2. The quantitative estimate of drug-likeness (QED) is 0.666. The molecule has 1 aliphatic rings. The van der Waals surface area contributed by atoms with Crippen LogP contribution >= 0.6 is 0 Å². The fourth-order valence-corrected chi connectivity index (χ4v) is 4.14. The fraction of sp³-hybridized carbons (Fsp3) is 0.435. The maximum absolute atomic E-state index is 13.6. The first-order valence-electron chi connectivity index (χ1n) is 9.62. The number of hydrogen-bond acceptors (Lipinski definition) is 4. The lowest BCUT2D eigenvalue weighted by Gasteiger charge is -2.35. The Hall–Kier alpha value is -2.87. The van der Waals surface area contributed by atoms with E-state index in [2.05, 4.69) is 12.6 Å². The van der Waals surface area contributed by atoms with Gasteiger partial charge in [0.2, 0.25) is 0 Å². The average molecular weight is 378 g/mol. The van der Waals surface area contributed by atoms with E-state index in [0.717, 1.165) is 5.39 Å². The summed E-state index contributed by atoms with van der Waals surface area (Å²) in [4.78, 5) is 26.6. The summed E-state index contributed by atoms with van der Waals surface area (Å²) in [5.74, 6) is 0.00223. The highest BCUT2D eigenvalue weighted by Crippen LogP contribution is 2.45. The highest BCUT2D eigenvalue weighted by molar-refractivity contribution is 6.14. The number of hydrogen-bond donors (Lipinski definition) is 0. The molecule has 0 N–H and O–H groups in total. The van der Waals surface area contributed by atoms with E-state index in [9.17, 15) is 9.59 Å². The summed E-state index contributed by atoms with van der Waals surface area (Å²) in [6, 6.07) is 9.60. The summed E-state index contributed by atoms with van der Waals surface area (Å²) in [7, 11) is 0. The largest absolute Gasteiger partial charge is 0.443 e. The van der Waals surface area contributed by atoms with E-state index < -0.39 is 17.1 Å². The molecule has 0 amide bonds. The lowest BCUT2D eigenvalue weighted by molar-refractivity contribution is 0.0537. The number of Topliss-reactive ketones (excluding diaryl/α,β-unsaturated/α-hetero) is 1. The van der Waals surface area contributed by atoms with Gasteiger partial charge in [0.15, 0.2) is 5.78 Å². The number of carbonyl (C=O) groups is 2. The summed E-state index contributed by atoms with van der Waals surface area (Å²) in [5, 5.41) is 9.83. The van der Waals surface area contributed by atoms with Gasteiger partial charge in [0, 0.05) is 28.5 Å². The van der Waals surface area contributed by atoms with Crippen molar-refractivity contribution < 1.29 is 14.3 Å². The van der Waals surface area contributed by atoms with Crippen molar-refractivity contribution in [1.29, 1.82) is 5.26 Å². The van der Waals surface area contributed by atoms with Gasteiger partial charge in [0.25, 0.3) is 0 Å². The topological polar surface area (TPSA) is 72.1 Å². The Morgan fingerprint density at radius 2 is 2.11 bits per heavy atom. The molecule has 0 aliphatic heterocycles. The van der Waals surface area contributed by atoms with Crippen LogP contribution in [-0.2, 0) is 11.2 Å². The van der Waals surface area contributed by atoms with Gasteiger partial charge >= 0.3 is 6.09 Å². The van der Waals surface area contributed by atoms with E-state index in [1.54, 1.807) is 10.6 Å². The van der Waals surface area contributed by atoms with Crippen LogP contribution in [0.5, 0.6) is 0 Å². The van der Waals surface area contributed by atoms with E-state index >= 15 is 0 Å². The maximum atomic E-state index is 13.6. The molecule has 1 atom stereocenters. The van der Waals surface area contributed by atoms with Crippen LogP contribution in [0, 0.1) is 16.7 Å². The minimum absolute atomic E-state index is 0.00223. The molecule has 0 saturated carbocycles. The zero-order valence-electron chi connectivity index (χ0n) is 16.7. The van der Waals surface area contributed by atoms with Gasteiger partial charge in [-0.25, -0.2) is 9.36 Å². The van der Waals surface area contributed by atoms with E-state index in [-0.39, 0.29) is 5.78 Å². The van der Waals surface area contributed by atoms with Crippen molar-refractivity contribution in [3.63, 3.8) is 0 Å². The van der Waals surface area contributed by atoms with E-state index in [0.29, 0.717) is 48.9 Å². The van der Waals surface area contributed by atoms with Crippen molar-refractivity contribution in [2.75, 3.05) is 0 Å². The molecule has 1 aliphatic carbocycles. The lowest BCUT2D eigenvalue weighted by Crippen LogP contribution is -2.37. The van der Waals surface area contributed by atoms with Gasteiger partial charge in [-0.15, -0.1) is 6.58 Å². The standard InChI is InChI=1S/C23H26N2O3/c1-5-12-23(13-8-15-24)14-11-18-19(20(23)26)16-9-6-7-10-17(16)25(18)21(27)28-22(2,3)4/h5-7,9-10H,1,8,11-14H2,2-4H3. The molecule has 2 aromatic rings. The number of ketones is 1. The molecule has 1 aromatic heterocycles. The van der Waals surface area contributed by atoms with E-state index in [1.807, 2.05) is 45.0 Å². The van der Waals surface area contributed by atoms with Crippen LogP contribution in [0.4, 0.5) is 4.79 Å². The van der Waals surface area contributed by atoms with Gasteiger partial charge in [-0.2, -0.15) is 5.26 Å². The predicted octanol–water partition coefficient (Wildman–Crippen LogP) is 5.42. The number of nitriles is 1. The molecule has 0 saturated heterocycles. The Bertz CT molecular complexity index is 988. The molecule has 0 spiro atoms. The first kappa shape index (κ1) is 19.9. The van der Waals surface area contributed by atoms with Crippen LogP contribution in [0.2, 0.25) is 0 Å². The Morgan fingerprint density at radius 3 is 2.75 bits per heavy atom. The van der Waals surface area contributed by atoms with Crippen LogP contribution in [0.25, 0.3) is 10.9 Å². The second-order valence-corrected chi connectivity index (χ2v) is 8.41. The second kappa shape index (κ2) is 7.27. The zero-order chi connectivity index (χ0) is 20.5. The Balaban J connectivity index is 2.19. The minimum Gasteiger partial charge on any atom is -0.443 e. The smallest absolute Gasteiger partial charge is 0.419 e. The fourth-order valence-electron chi connectivity index (χ4n) is 4.14. The van der Waals surface area contributed by atoms with Gasteiger partial charge in [-0.05, 0) is 52.5 Å². The molecule has 0 bridgehead atoms. The number of benzene rings is 1. The number of aromatic nitrogens is 1. The van der Waals surface area contributed by atoms with Crippen molar-refractivity contribution in [2.45, 2.75) is 58.5 Å². The molecule has 0 fully saturated rings. The SMILES string of the molecule is C=CCC1(CCC#N)CCc2c(c3ccccc3n2C(=O)OC(C)(C)C)C1=O. The lowest BCUT2D eigenvalue weighted by atomic mass is 9.67. The van der Waals surface area contributed by atoms with Gasteiger partial charge < -0.3 is 4.74 Å². The van der Waals surface area contributed by atoms with Crippen LogP contribution < -0.4 is 0 Å². The number of allylic oxidation sites excluding steroid dienone is 1. The monoisotopic (exact) mass is 378 g/mol. The van der Waals surface area contributed by atoms with Crippen molar-refractivity contribution in [1.82, 2.24) is 4.57 Å². The molecule has 146 valence electrons. The molecule has 28 heavy (non-hydrogen) atoms. The molecule has 5 heteroatoms. The molecular weight excluding hydrogens is 352 g/mol. The summed E-state index contributed by atoms with van der Waals surface area (Å²) < 4.78 is 7.16. The summed E-state index contributed by atoms with van der Waals surface area (Å²) in [6.45, 7) is 9.29. The summed E-state index contributed by atoms with van der Waals surface area (Å²) in [6.07, 6.45) is 3.80. The number of ether oxygens (including phenoxy) is 1. The van der Waals surface area contributed by atoms with Gasteiger partial charge in [-0.3, -0.25) is 4.79 Å². The number of fused-ring (bicyclic) bond motifs is 3. The maximum Gasteiger partial charge on any atom is 0.419 e. The van der Waals surface area contributed by atoms with Crippen LogP contribution in [0.1, 0.15) is 62.5 Å². The third-order valence-corrected chi connectivity index (χ3v) is 5.35. The average Bonchev–Trinajstić information content (AvgIpc) is 2.96. The molecule has 0 radical (unpaired) electrons. The van der Waals surface area contributed by atoms with Gasteiger partial charge in [-0.1, -0.05) is 24.3 Å². The van der Waals surface area contributed by atoms with Crippen molar-refractivity contribution >= 4 is 22.8 Å². The Labute approximate surface area is 165 Å². The normalized spacial score (nSPS) is 19.1. The molecular formula is C23H26N2O3. The second-order valence-electron chi connectivity index (χ2n) is 8.41. The number of carbonyl (C=O) groups excluding carboxylic acids is 2. The van der Waals surface area contributed by atoms with Gasteiger partial charge in [0.1, 0.15) is 5.60 Å². The summed E-state index contributed by atoms with van der Waals surface area (Å²) in [5.41, 5.74) is 0.718. The van der Waals surface area contributed by atoms with E-state index in [1.165, 1.54) is 0 Å². The highest BCUT2D eigenvalue weighted by atomic mass is 16.6. The van der Waals surface area contributed by atoms with E-state index in [4.69, 9.17) is 10.00 Å². The van der Waals surface area contributed by atoms with Crippen molar-refractivity contribution in [2.24, 2.45) is 5.41 Å². The number of nitrogens with zero attached hydrogens (tertiary/aromatic N) is 2. The van der Waals surface area contributed by atoms with Crippen molar-refractivity contribution in [3.8, 4) is 6.07 Å². The minimum atomic E-state index is -0.632. The zero-order valence-corrected chi connectivity index (χ0v) is 16.7. The molecule has 1 unspecified atom stereocenters. The van der Waals surface area contributed by atoms with Crippen LogP contribution in [-0.4, -0.2) is 22.0 Å². The highest BCUT2D eigenvalue weighted by Gasteiger charge is 2.44. The molecule has 3 rings (SSSR count). The predicted molar refractivity (Wildman–Crippen MR) is 108 cm³/mol.